The Morgan fingerprint density at radius 1 is 1.23 bits per heavy atom. The molecule has 1 aromatic carbocycles. The van der Waals surface area contributed by atoms with E-state index >= 15 is 0 Å². The van der Waals surface area contributed by atoms with Gasteiger partial charge >= 0.3 is 12.1 Å². The van der Waals surface area contributed by atoms with Crippen LogP contribution in [0.25, 0.3) is 0 Å². The number of benzene rings is 1. The van der Waals surface area contributed by atoms with Crippen LogP contribution in [-0.4, -0.2) is 43.7 Å². The van der Waals surface area contributed by atoms with E-state index in [4.69, 9.17) is 18.8 Å². The van der Waals surface area contributed by atoms with Crippen molar-refractivity contribution in [1.29, 1.82) is 0 Å². The fourth-order valence-corrected chi connectivity index (χ4v) is 3.26. The summed E-state index contributed by atoms with van der Waals surface area (Å²) in [6.07, 6.45) is -2.20. The lowest BCUT2D eigenvalue weighted by molar-refractivity contribution is -0.155. The Bertz CT molecular complexity index is 831. The van der Waals surface area contributed by atoms with Crippen molar-refractivity contribution >= 4 is 16.1 Å². The molecule has 1 aromatic rings. The van der Waals surface area contributed by atoms with E-state index in [0.29, 0.717) is 6.07 Å². The molecule has 1 aliphatic carbocycles. The zero-order chi connectivity index (χ0) is 22.5. The van der Waals surface area contributed by atoms with Gasteiger partial charge in [-0.15, -0.1) is 0 Å². The van der Waals surface area contributed by atoms with Crippen LogP contribution < -0.4 is 4.74 Å². The van der Waals surface area contributed by atoms with Crippen molar-refractivity contribution < 1.29 is 45.1 Å². The van der Waals surface area contributed by atoms with Crippen LogP contribution in [0.2, 0.25) is 0 Å². The molecule has 30 heavy (non-hydrogen) atoms. The van der Waals surface area contributed by atoms with Gasteiger partial charge in [0.15, 0.2) is 0 Å². The second-order valence-electron chi connectivity index (χ2n) is 7.40. The highest BCUT2D eigenvalue weighted by molar-refractivity contribution is 7.85. The van der Waals surface area contributed by atoms with Gasteiger partial charge < -0.3 is 14.2 Å². The molecule has 1 fully saturated rings. The van der Waals surface area contributed by atoms with E-state index < -0.39 is 52.2 Å². The predicted octanol–water partition coefficient (Wildman–Crippen LogP) is 4.07. The molecule has 1 aliphatic rings. The number of ether oxygens (including phenoxy) is 3. The number of alkyl halides is 3. The maximum Gasteiger partial charge on any atom is 0.419 e. The first-order valence-electron chi connectivity index (χ1n) is 9.52. The highest BCUT2D eigenvalue weighted by Crippen LogP contribution is 2.38. The highest BCUT2D eigenvalue weighted by atomic mass is 32.2. The molecule has 170 valence electrons. The summed E-state index contributed by atoms with van der Waals surface area (Å²) in [5.41, 5.74) is -1.32. The maximum absolute atomic E-state index is 13.4. The number of carbonyl (C=O) groups excluding carboxylic acids is 1. The standard InChI is InChI=1S/C19H25F3O7S/c1-12(2)18(28-14-5-3-4-6-14)29-16-11-13(7-8-15(16)19(20,21)22)17(23)27-9-10-30(24,25)26/h7-8,11-12,14,18H,3-6,9-10H2,1-2H3,(H,24,25,26). The van der Waals surface area contributed by atoms with E-state index in [-0.39, 0.29) is 17.6 Å². The first-order chi connectivity index (χ1) is 13.9. The molecule has 11 heteroatoms. The highest BCUT2D eigenvalue weighted by Gasteiger charge is 2.36. The molecule has 0 bridgehead atoms. The van der Waals surface area contributed by atoms with Crippen molar-refractivity contribution in [3.05, 3.63) is 29.3 Å². The summed E-state index contributed by atoms with van der Waals surface area (Å²) in [4.78, 5) is 12.1. The monoisotopic (exact) mass is 454 g/mol. The predicted molar refractivity (Wildman–Crippen MR) is 101 cm³/mol. The zero-order valence-corrected chi connectivity index (χ0v) is 17.5. The van der Waals surface area contributed by atoms with E-state index in [1.54, 1.807) is 13.8 Å². The van der Waals surface area contributed by atoms with Gasteiger partial charge in [-0.1, -0.05) is 26.7 Å². The molecule has 0 radical (unpaired) electrons. The number of halogens is 3. The van der Waals surface area contributed by atoms with Gasteiger partial charge in [0.2, 0.25) is 6.29 Å². The van der Waals surface area contributed by atoms with Gasteiger partial charge in [-0.3, -0.25) is 4.55 Å². The minimum absolute atomic E-state index is 0.0969. The van der Waals surface area contributed by atoms with Gasteiger partial charge in [0.1, 0.15) is 18.1 Å². The van der Waals surface area contributed by atoms with Crippen molar-refractivity contribution in [2.75, 3.05) is 12.4 Å². The molecule has 1 unspecified atom stereocenters. The largest absolute Gasteiger partial charge is 0.464 e. The Hall–Kier alpha value is -1.85. The molecule has 1 N–H and O–H groups in total. The zero-order valence-electron chi connectivity index (χ0n) is 16.6. The van der Waals surface area contributed by atoms with Crippen LogP contribution in [0.5, 0.6) is 5.75 Å². The van der Waals surface area contributed by atoms with E-state index in [0.717, 1.165) is 37.8 Å². The number of rotatable bonds is 9. The van der Waals surface area contributed by atoms with Crippen molar-refractivity contribution in [1.82, 2.24) is 0 Å². The molecule has 0 aliphatic heterocycles. The van der Waals surface area contributed by atoms with Crippen LogP contribution in [-0.2, 0) is 25.8 Å². The Morgan fingerprint density at radius 3 is 2.40 bits per heavy atom. The second kappa shape index (κ2) is 9.97. The first kappa shape index (κ1) is 24.4. The Labute approximate surface area is 173 Å². The Morgan fingerprint density at radius 2 is 1.87 bits per heavy atom. The Balaban J connectivity index is 2.23. The molecule has 0 aromatic heterocycles. The van der Waals surface area contributed by atoms with Gasteiger partial charge in [0.05, 0.1) is 17.2 Å². The molecule has 0 amide bonds. The molecule has 0 saturated heterocycles. The third-order valence-electron chi connectivity index (χ3n) is 4.51. The SMILES string of the molecule is CC(C)C(Oc1cc(C(=O)OCCS(=O)(=O)O)ccc1C(F)(F)F)OC1CCCC1. The maximum atomic E-state index is 13.4. The summed E-state index contributed by atoms with van der Waals surface area (Å²) in [7, 11) is -4.34. The molecule has 1 saturated carbocycles. The molecule has 0 heterocycles. The normalized spacial score (nSPS) is 16.6. The van der Waals surface area contributed by atoms with E-state index in [1.165, 1.54) is 0 Å². The number of esters is 1. The minimum Gasteiger partial charge on any atom is -0.464 e. The summed E-state index contributed by atoms with van der Waals surface area (Å²) in [5.74, 6) is -2.71. The van der Waals surface area contributed by atoms with Crippen molar-refractivity contribution in [3.8, 4) is 5.75 Å². The third-order valence-corrected chi connectivity index (χ3v) is 5.20. The van der Waals surface area contributed by atoms with Gasteiger partial charge in [0, 0.05) is 5.92 Å². The number of hydrogen-bond donors (Lipinski definition) is 1. The Kier molecular flexibility index (Phi) is 8.12. The summed E-state index contributed by atoms with van der Waals surface area (Å²) in [6.45, 7) is 2.86. The number of carbonyl (C=O) groups is 1. The van der Waals surface area contributed by atoms with Crippen LogP contribution in [0.4, 0.5) is 13.2 Å². The van der Waals surface area contributed by atoms with Gasteiger partial charge in [-0.25, -0.2) is 4.79 Å². The fraction of sp³-hybridized carbons (Fsp3) is 0.632. The molecular weight excluding hydrogens is 429 g/mol. The summed E-state index contributed by atoms with van der Waals surface area (Å²) in [6, 6.07) is 2.50. The van der Waals surface area contributed by atoms with Crippen molar-refractivity contribution in [2.45, 2.75) is 58.1 Å². The van der Waals surface area contributed by atoms with Crippen molar-refractivity contribution in [3.63, 3.8) is 0 Å². The van der Waals surface area contributed by atoms with Crippen LogP contribution in [0.3, 0.4) is 0 Å². The third kappa shape index (κ3) is 7.44. The van der Waals surface area contributed by atoms with E-state index in [2.05, 4.69) is 0 Å². The summed E-state index contributed by atoms with van der Waals surface area (Å²) in [5, 5.41) is 0. The molecular formula is C19H25F3O7S. The lowest BCUT2D eigenvalue weighted by atomic mass is 10.1. The van der Waals surface area contributed by atoms with Gasteiger partial charge in [-0.2, -0.15) is 21.6 Å². The minimum atomic E-state index is -4.72. The topological polar surface area (TPSA) is 99.1 Å². The van der Waals surface area contributed by atoms with Gasteiger partial charge in [0.25, 0.3) is 10.1 Å². The lowest BCUT2D eigenvalue weighted by Crippen LogP contribution is -2.31. The smallest absolute Gasteiger partial charge is 0.419 e. The summed E-state index contributed by atoms with van der Waals surface area (Å²) >= 11 is 0. The van der Waals surface area contributed by atoms with E-state index in [1.807, 2.05) is 0 Å². The lowest BCUT2D eigenvalue weighted by Gasteiger charge is -2.27. The van der Waals surface area contributed by atoms with Crippen LogP contribution in [0.1, 0.15) is 55.5 Å². The average Bonchev–Trinajstić information content (AvgIpc) is 3.12. The molecule has 1 atom stereocenters. The quantitative estimate of drug-likeness (QED) is 0.341. The van der Waals surface area contributed by atoms with Crippen LogP contribution in [0, 0.1) is 5.92 Å². The molecule has 0 spiro atoms. The van der Waals surface area contributed by atoms with Crippen LogP contribution in [0.15, 0.2) is 18.2 Å². The van der Waals surface area contributed by atoms with Crippen LogP contribution >= 0.6 is 0 Å². The second-order valence-corrected chi connectivity index (χ2v) is 8.98. The van der Waals surface area contributed by atoms with Crippen molar-refractivity contribution in [2.24, 2.45) is 5.92 Å². The van der Waals surface area contributed by atoms with Gasteiger partial charge in [-0.05, 0) is 31.0 Å². The summed E-state index contributed by atoms with van der Waals surface area (Å²) < 4.78 is 86.5. The first-order valence-corrected chi connectivity index (χ1v) is 11.1. The number of hydrogen-bond acceptors (Lipinski definition) is 6. The average molecular weight is 454 g/mol. The van der Waals surface area contributed by atoms with E-state index in [9.17, 15) is 26.4 Å². The molecule has 2 rings (SSSR count). The fourth-order valence-electron chi connectivity index (χ4n) is 2.96. The molecule has 7 nitrogen and oxygen atoms in total.